The Morgan fingerprint density at radius 1 is 1.43 bits per heavy atom. The van der Waals surface area contributed by atoms with Gasteiger partial charge in [0.1, 0.15) is 0 Å². The Morgan fingerprint density at radius 3 is 2.74 bits per heavy atom. The van der Waals surface area contributed by atoms with Gasteiger partial charge in [0.05, 0.1) is 26.3 Å². The molecule has 0 saturated carbocycles. The fourth-order valence-electron chi connectivity index (χ4n) is 2.31. The molecule has 0 amide bonds. The maximum Gasteiger partial charge on any atom is 0.329 e. The number of carbonyl (C=O) groups is 1. The monoisotopic (exact) mass is 350 g/mol. The standard InChI is InChI=1S/C14H10ClN3O4S/c1-2-18-11-10(12(19)17-14(18)22)6(13(20)21)5-7(16-11)8-3-4-9(15)23-8/h3-5H,2H2,1H3,(H,20,21)(H,17,19,22)/p-1. The van der Waals surface area contributed by atoms with E-state index < -0.39 is 17.2 Å². The van der Waals surface area contributed by atoms with Gasteiger partial charge in [0.15, 0.2) is 5.65 Å². The summed E-state index contributed by atoms with van der Waals surface area (Å²) in [7, 11) is 0. The molecule has 118 valence electrons. The van der Waals surface area contributed by atoms with E-state index in [0.29, 0.717) is 14.9 Å². The Labute approximate surface area is 137 Å². The van der Waals surface area contributed by atoms with E-state index in [2.05, 4.69) is 9.97 Å². The molecule has 3 aromatic rings. The third-order valence-electron chi connectivity index (χ3n) is 3.31. The molecule has 0 atom stereocenters. The van der Waals surface area contributed by atoms with Crippen LogP contribution in [0, 0.1) is 0 Å². The van der Waals surface area contributed by atoms with E-state index in [0.717, 1.165) is 0 Å². The maximum absolute atomic E-state index is 12.0. The van der Waals surface area contributed by atoms with E-state index >= 15 is 0 Å². The van der Waals surface area contributed by atoms with Gasteiger partial charge in [-0.3, -0.25) is 14.3 Å². The number of H-pyrrole nitrogens is 1. The lowest BCUT2D eigenvalue weighted by Gasteiger charge is -2.12. The summed E-state index contributed by atoms with van der Waals surface area (Å²) in [6.45, 7) is 1.91. The van der Waals surface area contributed by atoms with Gasteiger partial charge in [-0.1, -0.05) is 11.6 Å². The number of nitrogens with one attached hydrogen (secondary N) is 1. The van der Waals surface area contributed by atoms with Gasteiger partial charge in [0.2, 0.25) is 0 Å². The fraction of sp³-hybridized carbons (Fsp3) is 0.143. The van der Waals surface area contributed by atoms with Crippen LogP contribution in [0.3, 0.4) is 0 Å². The van der Waals surface area contributed by atoms with Crippen molar-refractivity contribution in [1.82, 2.24) is 14.5 Å². The van der Waals surface area contributed by atoms with Crippen molar-refractivity contribution in [3.8, 4) is 10.6 Å². The lowest BCUT2D eigenvalue weighted by Crippen LogP contribution is -2.33. The molecule has 0 bridgehead atoms. The molecule has 0 aliphatic rings. The molecule has 0 aliphatic heterocycles. The van der Waals surface area contributed by atoms with E-state index in [-0.39, 0.29) is 23.1 Å². The normalized spacial score (nSPS) is 11.0. The maximum atomic E-state index is 12.0. The number of pyridine rings is 1. The second-order valence-corrected chi connectivity index (χ2v) is 6.36. The van der Waals surface area contributed by atoms with Gasteiger partial charge in [0, 0.05) is 12.1 Å². The Bertz CT molecular complexity index is 1050. The van der Waals surface area contributed by atoms with Gasteiger partial charge in [-0.05, 0) is 25.1 Å². The van der Waals surface area contributed by atoms with Crippen molar-refractivity contribution in [2.45, 2.75) is 13.5 Å². The molecule has 0 saturated heterocycles. The van der Waals surface area contributed by atoms with Crippen LogP contribution in [0.4, 0.5) is 0 Å². The molecule has 0 radical (unpaired) electrons. The van der Waals surface area contributed by atoms with Crippen LogP contribution in [0.15, 0.2) is 27.8 Å². The highest BCUT2D eigenvalue weighted by Crippen LogP contribution is 2.31. The number of carbonyl (C=O) groups excluding carboxylic acids is 1. The number of aromatic carboxylic acids is 1. The smallest absolute Gasteiger partial charge is 0.329 e. The number of carboxylic acid groups (broad SMARTS) is 1. The number of fused-ring (bicyclic) bond motifs is 1. The number of hydrogen-bond donors (Lipinski definition) is 1. The first-order chi connectivity index (χ1) is 10.9. The van der Waals surface area contributed by atoms with Gasteiger partial charge in [-0.2, -0.15) is 0 Å². The third kappa shape index (κ3) is 2.55. The van der Waals surface area contributed by atoms with E-state index in [1.807, 2.05) is 0 Å². The molecular weight excluding hydrogens is 342 g/mol. The third-order valence-corrected chi connectivity index (χ3v) is 4.56. The highest BCUT2D eigenvalue weighted by atomic mass is 35.5. The van der Waals surface area contributed by atoms with Crippen molar-refractivity contribution in [2.24, 2.45) is 0 Å². The summed E-state index contributed by atoms with van der Waals surface area (Å²) in [6, 6.07) is 4.58. The Balaban J connectivity index is 2.49. The number of hydrogen-bond acceptors (Lipinski definition) is 6. The molecule has 3 aromatic heterocycles. The second kappa shape index (κ2) is 5.64. The number of carboxylic acids is 1. The van der Waals surface area contributed by atoms with Crippen LogP contribution in [0.2, 0.25) is 4.34 Å². The second-order valence-electron chi connectivity index (χ2n) is 4.65. The van der Waals surface area contributed by atoms with Crippen LogP contribution in [0.25, 0.3) is 21.6 Å². The Kier molecular flexibility index (Phi) is 3.78. The number of aromatic amines is 1. The van der Waals surface area contributed by atoms with Crippen molar-refractivity contribution >= 4 is 39.9 Å². The number of aromatic nitrogens is 3. The van der Waals surface area contributed by atoms with Crippen molar-refractivity contribution in [2.75, 3.05) is 0 Å². The van der Waals surface area contributed by atoms with Crippen molar-refractivity contribution in [1.29, 1.82) is 0 Å². The number of nitrogens with zero attached hydrogens (tertiary/aromatic N) is 2. The van der Waals surface area contributed by atoms with Crippen LogP contribution in [-0.2, 0) is 6.54 Å². The average Bonchev–Trinajstić information content (AvgIpc) is 2.92. The molecule has 0 aromatic carbocycles. The predicted molar refractivity (Wildman–Crippen MR) is 85.0 cm³/mol. The molecular formula is C14H9ClN3O4S-. The van der Waals surface area contributed by atoms with Gasteiger partial charge < -0.3 is 9.90 Å². The van der Waals surface area contributed by atoms with Crippen molar-refractivity contribution in [3.05, 3.63) is 48.9 Å². The Morgan fingerprint density at radius 2 is 2.17 bits per heavy atom. The zero-order valence-corrected chi connectivity index (χ0v) is 13.3. The first kappa shape index (κ1) is 15.4. The van der Waals surface area contributed by atoms with Gasteiger partial charge in [-0.15, -0.1) is 11.3 Å². The highest BCUT2D eigenvalue weighted by molar-refractivity contribution is 7.19. The fourth-order valence-corrected chi connectivity index (χ4v) is 3.31. The van der Waals surface area contributed by atoms with Gasteiger partial charge >= 0.3 is 5.69 Å². The van der Waals surface area contributed by atoms with Crippen LogP contribution in [0.1, 0.15) is 17.3 Å². The van der Waals surface area contributed by atoms with E-state index in [4.69, 9.17) is 11.6 Å². The molecule has 0 fully saturated rings. The molecule has 9 heteroatoms. The summed E-state index contributed by atoms with van der Waals surface area (Å²) in [4.78, 5) is 42.4. The van der Waals surface area contributed by atoms with Crippen LogP contribution in [0.5, 0.6) is 0 Å². The van der Waals surface area contributed by atoms with Gasteiger partial charge in [0.25, 0.3) is 5.56 Å². The summed E-state index contributed by atoms with van der Waals surface area (Å²) in [5.41, 5.74) is -1.47. The van der Waals surface area contributed by atoms with Crippen molar-refractivity contribution in [3.63, 3.8) is 0 Å². The topological polar surface area (TPSA) is 108 Å². The highest BCUT2D eigenvalue weighted by Gasteiger charge is 2.16. The molecule has 23 heavy (non-hydrogen) atoms. The minimum absolute atomic E-state index is 0.00229. The lowest BCUT2D eigenvalue weighted by molar-refractivity contribution is -0.254. The molecule has 0 aliphatic carbocycles. The first-order valence-corrected chi connectivity index (χ1v) is 7.76. The summed E-state index contributed by atoms with van der Waals surface area (Å²) in [5.74, 6) is -1.52. The van der Waals surface area contributed by atoms with Crippen LogP contribution >= 0.6 is 22.9 Å². The number of halogens is 1. The van der Waals surface area contributed by atoms with Crippen LogP contribution in [-0.4, -0.2) is 20.5 Å². The molecule has 3 rings (SSSR count). The zero-order valence-electron chi connectivity index (χ0n) is 11.8. The van der Waals surface area contributed by atoms with Gasteiger partial charge in [-0.25, -0.2) is 9.78 Å². The number of thiophene rings is 1. The summed E-state index contributed by atoms with van der Waals surface area (Å²) >= 11 is 7.10. The van der Waals surface area contributed by atoms with Crippen LogP contribution < -0.4 is 16.4 Å². The minimum Gasteiger partial charge on any atom is -0.545 e. The predicted octanol–water partition coefficient (Wildman–Crippen LogP) is 0.850. The number of rotatable bonds is 3. The largest absolute Gasteiger partial charge is 0.545 e. The Hall–Kier alpha value is -2.45. The first-order valence-electron chi connectivity index (χ1n) is 6.57. The average molecular weight is 351 g/mol. The summed E-state index contributed by atoms with van der Waals surface area (Å²) in [6.07, 6.45) is 0. The minimum atomic E-state index is -1.52. The van der Waals surface area contributed by atoms with E-state index in [1.54, 1.807) is 19.1 Å². The number of aryl methyl sites for hydroxylation is 1. The molecule has 1 N–H and O–H groups in total. The lowest BCUT2D eigenvalue weighted by atomic mass is 10.1. The van der Waals surface area contributed by atoms with E-state index in [9.17, 15) is 19.5 Å². The quantitative estimate of drug-likeness (QED) is 0.753. The SMILES string of the molecule is CCn1c(=O)[nH]c(=O)c2c(C(=O)[O-])cc(-c3ccc(Cl)s3)nc21. The molecule has 7 nitrogen and oxygen atoms in total. The molecule has 0 unspecified atom stereocenters. The molecule has 3 heterocycles. The summed E-state index contributed by atoms with van der Waals surface area (Å²) in [5, 5.41) is 11.3. The summed E-state index contributed by atoms with van der Waals surface area (Å²) < 4.78 is 1.71. The molecule has 0 spiro atoms. The zero-order chi connectivity index (χ0) is 16.7. The van der Waals surface area contributed by atoms with E-state index in [1.165, 1.54) is 22.0 Å². The van der Waals surface area contributed by atoms with Crippen molar-refractivity contribution < 1.29 is 9.90 Å².